The fourth-order valence-corrected chi connectivity index (χ4v) is 3.69. The fourth-order valence-electron chi connectivity index (χ4n) is 3.35. The Morgan fingerprint density at radius 1 is 1.04 bits per heavy atom. The molecule has 1 spiro atoms. The number of nitrogens with zero attached hydrogens (tertiary/aromatic N) is 4. The highest BCUT2D eigenvalue weighted by atomic mass is 35.5. The van der Waals surface area contributed by atoms with Crippen LogP contribution >= 0.6 is 11.6 Å². The lowest BCUT2D eigenvalue weighted by atomic mass is 10.1. The van der Waals surface area contributed by atoms with Gasteiger partial charge in [0.15, 0.2) is 0 Å². The van der Waals surface area contributed by atoms with Crippen LogP contribution in [-0.4, -0.2) is 89.2 Å². The number of ether oxygens (including phenoxy) is 1. The van der Waals surface area contributed by atoms with Gasteiger partial charge < -0.3 is 19.4 Å². The van der Waals surface area contributed by atoms with Gasteiger partial charge in [0.05, 0.1) is 23.8 Å². The van der Waals surface area contributed by atoms with E-state index in [2.05, 4.69) is 4.99 Å². The zero-order valence-corrected chi connectivity index (χ0v) is 16.0. The SMILES string of the molecule is CC(=O)N1CCN(C(C)=O)CC23N=C(C=C(Cl)C2O3)C[15N](C(C)=O)CC1. The minimum Gasteiger partial charge on any atom is -0.339 e. The van der Waals surface area contributed by atoms with Gasteiger partial charge in [-0.2, -0.15) is 0 Å². The van der Waals surface area contributed by atoms with E-state index in [1.54, 1.807) is 20.8 Å². The first-order chi connectivity index (χ1) is 12.2. The van der Waals surface area contributed by atoms with E-state index in [9.17, 15) is 14.4 Å². The third kappa shape index (κ3) is 3.76. The van der Waals surface area contributed by atoms with Gasteiger partial charge in [-0.3, -0.25) is 14.4 Å². The van der Waals surface area contributed by atoms with Crippen LogP contribution in [-0.2, 0) is 19.1 Å². The molecule has 1 fully saturated rings. The van der Waals surface area contributed by atoms with Gasteiger partial charge in [-0.25, -0.2) is 4.99 Å². The van der Waals surface area contributed by atoms with Crippen molar-refractivity contribution in [2.75, 3.05) is 39.3 Å². The molecule has 26 heavy (non-hydrogen) atoms. The topological polar surface area (TPSA) is 85.8 Å². The first-order valence-corrected chi connectivity index (χ1v) is 9.00. The number of carbonyl (C=O) groups is 3. The quantitative estimate of drug-likeness (QED) is 0.442. The predicted octanol–water partition coefficient (Wildman–Crippen LogP) is 0.218. The minimum absolute atomic E-state index is 0.0896. The minimum atomic E-state index is -0.879. The second-order valence-electron chi connectivity index (χ2n) is 6.86. The van der Waals surface area contributed by atoms with E-state index >= 15 is 0 Å². The molecular weight excluding hydrogens is 361 g/mol. The third-order valence-electron chi connectivity index (χ3n) is 4.95. The first kappa shape index (κ1) is 18.8. The molecule has 0 radical (unpaired) electrons. The van der Waals surface area contributed by atoms with Crippen molar-refractivity contribution in [2.24, 2.45) is 4.99 Å². The summed E-state index contributed by atoms with van der Waals surface area (Å²) in [5, 5.41) is 0.532. The van der Waals surface area contributed by atoms with Crippen molar-refractivity contribution in [2.45, 2.75) is 32.6 Å². The molecule has 3 aliphatic rings. The maximum absolute atomic E-state index is 12.1. The van der Waals surface area contributed by atoms with Crippen molar-refractivity contribution in [3.05, 3.63) is 11.1 Å². The van der Waals surface area contributed by atoms with Crippen LogP contribution in [0.15, 0.2) is 16.1 Å². The maximum atomic E-state index is 12.1. The Balaban J connectivity index is 1.91. The van der Waals surface area contributed by atoms with Crippen LogP contribution in [0.5, 0.6) is 0 Å². The van der Waals surface area contributed by atoms with E-state index in [4.69, 9.17) is 16.3 Å². The summed E-state index contributed by atoms with van der Waals surface area (Å²) in [5.41, 5.74) is -0.243. The molecular formula is C17H23ClN4O4. The number of hydrogen-bond acceptors (Lipinski definition) is 5. The lowest BCUT2D eigenvalue weighted by Gasteiger charge is -2.32. The summed E-state index contributed by atoms with van der Waals surface area (Å²) in [4.78, 5) is 45.6. The molecule has 0 aromatic heterocycles. The van der Waals surface area contributed by atoms with Crippen molar-refractivity contribution in [3.8, 4) is 0 Å². The Morgan fingerprint density at radius 3 is 2.15 bits per heavy atom. The molecule has 1 saturated heterocycles. The fraction of sp³-hybridized carbons (Fsp3) is 0.647. The summed E-state index contributed by atoms with van der Waals surface area (Å²) in [5.74, 6) is -0.300. The van der Waals surface area contributed by atoms with E-state index in [1.807, 2.05) is 0 Å². The smallest absolute Gasteiger partial charge is 0.219 e. The number of epoxide rings is 1. The van der Waals surface area contributed by atoms with Crippen LogP contribution in [0.3, 0.4) is 0 Å². The number of rotatable bonds is 0. The Kier molecular flexibility index (Phi) is 5.07. The summed E-state index contributed by atoms with van der Waals surface area (Å²) in [7, 11) is 0. The Hall–Kier alpha value is -1.93. The van der Waals surface area contributed by atoms with E-state index in [1.165, 1.54) is 20.8 Å². The van der Waals surface area contributed by atoms with Gasteiger partial charge in [-0.15, -0.1) is 0 Å². The second-order valence-corrected chi connectivity index (χ2v) is 7.30. The van der Waals surface area contributed by atoms with Gasteiger partial charge in [0.1, 0.15) is 6.10 Å². The molecule has 0 saturated carbocycles. The molecule has 8 nitrogen and oxygen atoms in total. The number of hydrogen-bond donors (Lipinski definition) is 0. The molecule has 2 atom stereocenters. The van der Waals surface area contributed by atoms with Gasteiger partial charge in [-0.1, -0.05) is 11.6 Å². The Morgan fingerprint density at radius 2 is 1.58 bits per heavy atom. The van der Waals surface area contributed by atoms with E-state index < -0.39 is 5.72 Å². The van der Waals surface area contributed by atoms with Crippen molar-refractivity contribution in [1.82, 2.24) is 14.7 Å². The maximum Gasteiger partial charge on any atom is 0.219 e. The van der Waals surface area contributed by atoms with Crippen LogP contribution in [0.4, 0.5) is 0 Å². The molecule has 0 N–H and O–H groups in total. The van der Waals surface area contributed by atoms with Gasteiger partial charge in [0.25, 0.3) is 0 Å². The van der Waals surface area contributed by atoms with Crippen LogP contribution in [0.25, 0.3) is 0 Å². The Bertz CT molecular complexity index is 707. The summed E-state index contributed by atoms with van der Waals surface area (Å²) in [6, 6.07) is 0. The zero-order valence-electron chi connectivity index (χ0n) is 15.2. The molecule has 142 valence electrons. The van der Waals surface area contributed by atoms with Gasteiger partial charge in [0.2, 0.25) is 23.4 Å². The summed E-state index contributed by atoms with van der Waals surface area (Å²) >= 11 is 6.31. The van der Waals surface area contributed by atoms with Crippen molar-refractivity contribution in [1.29, 1.82) is 0 Å². The van der Waals surface area contributed by atoms with E-state index in [0.29, 0.717) is 36.9 Å². The van der Waals surface area contributed by atoms with Gasteiger partial charge in [-0.05, 0) is 6.08 Å². The molecule has 3 heterocycles. The zero-order chi connectivity index (χ0) is 19.1. The highest BCUT2D eigenvalue weighted by molar-refractivity contribution is 6.32. The second kappa shape index (κ2) is 7.00. The molecule has 0 aliphatic carbocycles. The molecule has 3 amide bonds. The molecule has 3 rings (SSSR count). The molecule has 2 unspecified atom stereocenters. The monoisotopic (exact) mass is 383 g/mol. The summed E-state index contributed by atoms with van der Waals surface area (Å²) in [6.07, 6.45) is 1.37. The van der Waals surface area contributed by atoms with E-state index in [0.717, 1.165) is 0 Å². The van der Waals surface area contributed by atoms with Crippen molar-refractivity contribution in [3.63, 3.8) is 0 Å². The summed E-state index contributed by atoms with van der Waals surface area (Å²) in [6.45, 7) is 6.57. The normalized spacial score (nSPS) is 28.9. The molecule has 9 heteroatoms. The molecule has 0 aromatic carbocycles. The number of carbonyl (C=O) groups excluding carboxylic acids is 3. The van der Waals surface area contributed by atoms with Crippen LogP contribution in [0.2, 0.25) is 0 Å². The third-order valence-corrected chi connectivity index (χ3v) is 5.26. The number of aliphatic imine (C=N–C) groups is 1. The molecule has 3 aliphatic heterocycles. The van der Waals surface area contributed by atoms with E-state index in [-0.39, 0.29) is 36.9 Å². The molecule has 0 aromatic rings. The van der Waals surface area contributed by atoms with Gasteiger partial charge >= 0.3 is 0 Å². The molecule has 2 bridgehead atoms. The van der Waals surface area contributed by atoms with Crippen LogP contribution < -0.4 is 0 Å². The number of amides is 3. The lowest BCUT2D eigenvalue weighted by Crippen LogP contribution is -2.48. The van der Waals surface area contributed by atoms with Crippen LogP contribution in [0.1, 0.15) is 20.8 Å². The van der Waals surface area contributed by atoms with Crippen LogP contribution in [0, 0.1) is 0 Å². The largest absolute Gasteiger partial charge is 0.339 e. The standard InChI is InChI=1S/C17H23ClN4O4/c1-11(23)20-4-6-21(12(2)24)9-14-8-15(18)16-17(19-14,26-16)10-22(7-5-20)13(3)25/h8,16H,4-7,9-10H2,1-3H3/i21+1. The van der Waals surface area contributed by atoms with Crippen molar-refractivity contribution < 1.29 is 19.1 Å². The highest BCUT2D eigenvalue weighted by Gasteiger charge is 2.61. The average Bonchev–Trinajstić information content (AvgIpc) is 3.25. The highest BCUT2D eigenvalue weighted by Crippen LogP contribution is 2.47. The summed E-state index contributed by atoms with van der Waals surface area (Å²) < 4.78 is 5.74. The number of halogens is 1. The first-order valence-electron chi connectivity index (χ1n) is 8.62. The van der Waals surface area contributed by atoms with Crippen molar-refractivity contribution >= 4 is 35.0 Å². The predicted molar refractivity (Wildman–Crippen MR) is 95.7 cm³/mol. The lowest BCUT2D eigenvalue weighted by molar-refractivity contribution is -0.134. The average molecular weight is 384 g/mol. The van der Waals surface area contributed by atoms with Gasteiger partial charge in [0, 0.05) is 47.0 Å². The number of dihydropyridines is 1. The Labute approximate surface area is 157 Å².